The summed E-state index contributed by atoms with van der Waals surface area (Å²) < 4.78 is 11.2. The fourth-order valence-electron chi connectivity index (χ4n) is 5.08. The van der Waals surface area contributed by atoms with Crippen molar-refractivity contribution in [2.75, 3.05) is 0 Å². The minimum absolute atomic E-state index is 0.161. The molecule has 0 aromatic heterocycles. The molecule has 2 atom stereocenters. The van der Waals surface area contributed by atoms with Gasteiger partial charge in [-0.05, 0) is 96.2 Å². The van der Waals surface area contributed by atoms with Gasteiger partial charge in [-0.25, -0.2) is 9.59 Å². The van der Waals surface area contributed by atoms with Gasteiger partial charge in [0.15, 0.2) is 10.9 Å². The smallest absolute Gasteiger partial charge is 0.339 e. The van der Waals surface area contributed by atoms with Gasteiger partial charge in [-0.15, -0.1) is 25.3 Å². The molecule has 0 aliphatic heterocycles. The molecular weight excluding hydrogens is 569 g/mol. The molecule has 0 saturated heterocycles. The Morgan fingerprint density at radius 1 is 0.643 bits per heavy atom. The van der Waals surface area contributed by atoms with Gasteiger partial charge in [0.1, 0.15) is 11.5 Å². The van der Waals surface area contributed by atoms with E-state index in [2.05, 4.69) is 25.3 Å². The van der Waals surface area contributed by atoms with Gasteiger partial charge in [0, 0.05) is 11.1 Å². The highest BCUT2D eigenvalue weighted by Gasteiger charge is 2.28. The van der Waals surface area contributed by atoms with Crippen molar-refractivity contribution in [2.24, 2.45) is 0 Å². The average Bonchev–Trinajstić information content (AvgIpc) is 2.87. The van der Waals surface area contributed by atoms with Crippen molar-refractivity contribution in [1.29, 1.82) is 0 Å². The maximum atomic E-state index is 12.9. The van der Waals surface area contributed by atoms with Gasteiger partial charge in [-0.1, -0.05) is 53.7 Å². The second-order valence-corrected chi connectivity index (χ2v) is 13.8. The summed E-state index contributed by atoms with van der Waals surface area (Å²) in [5, 5.41) is 21.6. The van der Waals surface area contributed by atoms with E-state index in [0.717, 1.165) is 22.3 Å². The van der Waals surface area contributed by atoms with Crippen molar-refractivity contribution in [1.82, 2.24) is 0 Å². The van der Waals surface area contributed by atoms with Crippen LogP contribution in [0.15, 0.2) is 36.4 Å². The minimum atomic E-state index is -0.903. The molecule has 0 fully saturated rings. The van der Waals surface area contributed by atoms with Crippen molar-refractivity contribution < 1.29 is 29.3 Å². The summed E-state index contributed by atoms with van der Waals surface area (Å²) in [6.07, 6.45) is 0. The monoisotopic (exact) mass is 610 g/mol. The number of aryl methyl sites for hydroxylation is 2. The molecule has 226 valence electrons. The fraction of sp³-hybridized carbons (Fsp3) is 0.412. The third-order valence-electron chi connectivity index (χ3n) is 7.50. The van der Waals surface area contributed by atoms with E-state index in [0.29, 0.717) is 22.3 Å². The van der Waals surface area contributed by atoms with E-state index in [-0.39, 0.29) is 33.5 Å². The Morgan fingerprint density at radius 2 is 0.929 bits per heavy atom. The topological polar surface area (TPSA) is 93.1 Å². The zero-order chi connectivity index (χ0) is 31.9. The molecule has 0 spiro atoms. The molecule has 6 nitrogen and oxygen atoms in total. The minimum Gasteiger partial charge on any atom is -0.507 e. The zero-order valence-electron chi connectivity index (χ0n) is 26.0. The van der Waals surface area contributed by atoms with E-state index in [9.17, 15) is 19.8 Å². The number of esters is 2. The van der Waals surface area contributed by atoms with Crippen LogP contribution < -0.4 is 0 Å². The molecule has 0 amide bonds. The van der Waals surface area contributed by atoms with Crippen LogP contribution in [-0.2, 0) is 20.3 Å². The largest absolute Gasteiger partial charge is 0.507 e. The highest BCUT2D eigenvalue weighted by atomic mass is 32.1. The molecule has 42 heavy (non-hydrogen) atoms. The first-order valence-electron chi connectivity index (χ1n) is 13.8. The highest BCUT2D eigenvalue weighted by Crippen LogP contribution is 2.41. The van der Waals surface area contributed by atoms with Crippen LogP contribution in [0.3, 0.4) is 0 Å². The second kappa shape index (κ2) is 12.3. The summed E-state index contributed by atoms with van der Waals surface area (Å²) in [4.78, 5) is 25.9. The third-order valence-corrected chi connectivity index (χ3v) is 8.23. The molecule has 0 radical (unpaired) electrons. The second-order valence-electron chi connectivity index (χ2n) is 12.8. The van der Waals surface area contributed by atoms with Crippen molar-refractivity contribution in [3.8, 4) is 11.5 Å². The Morgan fingerprint density at radius 3 is 1.19 bits per heavy atom. The van der Waals surface area contributed by atoms with Gasteiger partial charge >= 0.3 is 11.9 Å². The van der Waals surface area contributed by atoms with Gasteiger partial charge < -0.3 is 19.7 Å². The Hall–Kier alpha value is -3.10. The van der Waals surface area contributed by atoms with Crippen molar-refractivity contribution in [3.63, 3.8) is 0 Å². The van der Waals surface area contributed by atoms with Gasteiger partial charge in [0.2, 0.25) is 0 Å². The van der Waals surface area contributed by atoms with Crippen LogP contribution in [0.1, 0.15) is 118 Å². The van der Waals surface area contributed by atoms with E-state index in [1.54, 1.807) is 13.8 Å². The lowest BCUT2D eigenvalue weighted by Gasteiger charge is -2.26. The number of rotatable bonds is 6. The van der Waals surface area contributed by atoms with E-state index in [1.807, 2.05) is 67.5 Å². The van der Waals surface area contributed by atoms with E-state index in [1.165, 1.54) is 24.3 Å². The third kappa shape index (κ3) is 6.92. The van der Waals surface area contributed by atoms with E-state index < -0.39 is 22.8 Å². The van der Waals surface area contributed by atoms with Crippen LogP contribution in [0.4, 0.5) is 0 Å². The number of phenols is 2. The lowest BCUT2D eigenvalue weighted by molar-refractivity contribution is 0.0444. The first-order valence-corrected chi connectivity index (χ1v) is 14.8. The van der Waals surface area contributed by atoms with Gasteiger partial charge in [0.05, 0.1) is 11.1 Å². The molecule has 8 heteroatoms. The van der Waals surface area contributed by atoms with Crippen molar-refractivity contribution in [2.45, 2.75) is 90.9 Å². The molecule has 0 aliphatic carbocycles. The maximum Gasteiger partial charge on any atom is 0.339 e. The van der Waals surface area contributed by atoms with Gasteiger partial charge in [0.25, 0.3) is 0 Å². The van der Waals surface area contributed by atoms with Crippen LogP contribution in [0.2, 0.25) is 0 Å². The highest BCUT2D eigenvalue weighted by molar-refractivity contribution is 7.80. The van der Waals surface area contributed by atoms with Crippen LogP contribution >= 0.6 is 25.3 Å². The predicted molar refractivity (Wildman–Crippen MR) is 173 cm³/mol. The van der Waals surface area contributed by atoms with Gasteiger partial charge in [-0.3, -0.25) is 0 Å². The maximum absolute atomic E-state index is 12.9. The summed E-state index contributed by atoms with van der Waals surface area (Å²) >= 11 is 9.04. The number of aromatic hydroxyl groups is 2. The number of hydrogen-bond acceptors (Lipinski definition) is 8. The summed E-state index contributed by atoms with van der Waals surface area (Å²) in [6.45, 7) is 19.5. The quantitative estimate of drug-likeness (QED) is 0.127. The SMILES string of the molecule is Cc1cc(C(C)(C)C)c(O)c(C)c1C(S)OC(=O)c1ccc(C(=O)OC(S)c2c(C)cc(C(C)(C)C)c(O)c2C)cc1. The van der Waals surface area contributed by atoms with Crippen LogP contribution in [0.25, 0.3) is 0 Å². The number of carbonyl (C=O) groups excluding carboxylic acids is 2. The predicted octanol–water partition coefficient (Wildman–Crippen LogP) is 8.50. The zero-order valence-corrected chi connectivity index (χ0v) is 27.8. The Bertz CT molecular complexity index is 1400. The lowest BCUT2D eigenvalue weighted by atomic mass is 9.83. The molecule has 3 rings (SSSR count). The molecule has 3 aromatic carbocycles. The Balaban J connectivity index is 1.75. The first kappa shape index (κ1) is 33.4. The molecule has 0 aliphatic rings. The van der Waals surface area contributed by atoms with Crippen molar-refractivity contribution in [3.05, 3.63) is 92.0 Å². The number of ether oxygens (including phenoxy) is 2. The van der Waals surface area contributed by atoms with Crippen LogP contribution in [0.5, 0.6) is 11.5 Å². The number of hydrogen-bond donors (Lipinski definition) is 4. The fourth-order valence-corrected chi connectivity index (χ4v) is 6.06. The Kier molecular flexibility index (Phi) is 9.74. The number of thiol groups is 2. The summed E-state index contributed by atoms with van der Waals surface area (Å²) in [6, 6.07) is 9.71. The number of carbonyl (C=O) groups is 2. The first-order chi connectivity index (χ1) is 19.2. The molecular formula is C34H42O6S2. The average molecular weight is 611 g/mol. The molecule has 0 bridgehead atoms. The molecule has 2 unspecified atom stereocenters. The lowest BCUT2D eigenvalue weighted by Crippen LogP contribution is -2.16. The molecule has 2 N–H and O–H groups in total. The van der Waals surface area contributed by atoms with Gasteiger partial charge in [-0.2, -0.15) is 0 Å². The van der Waals surface area contributed by atoms with E-state index in [4.69, 9.17) is 9.47 Å². The standard InChI is InChI=1S/C34H42O6S2/c1-17-15-23(33(5,6)7)27(35)19(3)25(17)31(41)39-29(37)21-11-13-22(14-12-21)30(38)40-32(42)26-18(2)16-24(34(8,9)10)28(36)20(26)4/h11-16,31-32,35-36,41-42H,1-10H3. The summed E-state index contributed by atoms with van der Waals surface area (Å²) in [7, 11) is 0. The summed E-state index contributed by atoms with van der Waals surface area (Å²) in [5.41, 5.74) is 3.95. The molecule has 3 aromatic rings. The molecule has 0 saturated carbocycles. The van der Waals surface area contributed by atoms with E-state index >= 15 is 0 Å². The Labute approximate surface area is 260 Å². The van der Waals surface area contributed by atoms with Crippen LogP contribution in [-0.4, -0.2) is 22.2 Å². The normalized spacial score (nSPS) is 13.4. The summed E-state index contributed by atoms with van der Waals surface area (Å²) in [5.74, 6) is -0.926. The molecule has 0 heterocycles. The number of phenolic OH excluding ortho intramolecular Hbond substituents is 2. The van der Waals surface area contributed by atoms with Crippen LogP contribution in [0, 0.1) is 27.7 Å². The van der Waals surface area contributed by atoms with Crippen molar-refractivity contribution >= 4 is 37.2 Å². The number of benzene rings is 3.